The fraction of sp³-hybridized carbons (Fsp3) is 0. The van der Waals surface area contributed by atoms with Gasteiger partial charge >= 0.3 is 0 Å². The van der Waals surface area contributed by atoms with Gasteiger partial charge in [-0.25, -0.2) is 15.0 Å². The number of aromatic nitrogens is 3. The van der Waals surface area contributed by atoms with Gasteiger partial charge in [0.05, 0.1) is 0 Å². The highest BCUT2D eigenvalue weighted by atomic mass is 16.3. The molecule has 0 atom stereocenters. The van der Waals surface area contributed by atoms with Crippen LogP contribution in [0.4, 0.5) is 0 Å². The third-order valence-electron chi connectivity index (χ3n) is 10.5. The standard InChI is InChI=1S/C49H29N3O/c1-2-12-32(13-3-1)47-50-48(35-22-24-39-33(28-35)21-26-40-37-16-7-5-11-31(37)20-25-41(39)40)52-49(51-47)42-18-9-19-45-46(42)43-29-34(23-27-44(43)53-45)38-17-8-14-30-10-4-6-15-36(30)38/h1-29H. The van der Waals surface area contributed by atoms with E-state index in [1.54, 1.807) is 0 Å². The largest absolute Gasteiger partial charge is 0.456 e. The van der Waals surface area contributed by atoms with E-state index < -0.39 is 0 Å². The number of hydrogen-bond donors (Lipinski definition) is 0. The van der Waals surface area contributed by atoms with Crippen molar-refractivity contribution in [2.45, 2.75) is 0 Å². The summed E-state index contributed by atoms with van der Waals surface area (Å²) >= 11 is 0. The highest BCUT2D eigenvalue weighted by Crippen LogP contribution is 2.40. The minimum absolute atomic E-state index is 0.600. The van der Waals surface area contributed by atoms with Gasteiger partial charge in [0.2, 0.25) is 0 Å². The van der Waals surface area contributed by atoms with Gasteiger partial charge in [-0.1, -0.05) is 152 Å². The van der Waals surface area contributed by atoms with E-state index in [9.17, 15) is 0 Å². The van der Waals surface area contributed by atoms with Crippen LogP contribution in [0.3, 0.4) is 0 Å². The Bertz CT molecular complexity index is 3230. The zero-order valence-corrected chi connectivity index (χ0v) is 28.5. The van der Waals surface area contributed by atoms with E-state index in [1.165, 1.54) is 43.3 Å². The summed E-state index contributed by atoms with van der Waals surface area (Å²) in [5.74, 6) is 1.84. The Balaban J connectivity index is 1.11. The van der Waals surface area contributed by atoms with E-state index in [1.807, 2.05) is 42.5 Å². The van der Waals surface area contributed by atoms with E-state index in [0.717, 1.165) is 49.6 Å². The van der Waals surface area contributed by atoms with Gasteiger partial charge < -0.3 is 4.42 Å². The van der Waals surface area contributed by atoms with Crippen LogP contribution in [-0.4, -0.2) is 15.0 Å². The summed E-state index contributed by atoms with van der Waals surface area (Å²) in [6, 6.07) is 61.7. The smallest absolute Gasteiger partial charge is 0.164 e. The maximum absolute atomic E-state index is 6.46. The summed E-state index contributed by atoms with van der Waals surface area (Å²) < 4.78 is 6.46. The molecule has 246 valence electrons. The molecule has 0 spiro atoms. The van der Waals surface area contributed by atoms with Crippen LogP contribution in [0, 0.1) is 0 Å². The summed E-state index contributed by atoms with van der Waals surface area (Å²) in [7, 11) is 0. The van der Waals surface area contributed by atoms with Crippen molar-refractivity contribution in [2.24, 2.45) is 0 Å². The first-order valence-electron chi connectivity index (χ1n) is 17.9. The normalized spacial score (nSPS) is 11.8. The Labute approximate surface area is 304 Å². The van der Waals surface area contributed by atoms with Crippen molar-refractivity contribution in [3.05, 3.63) is 176 Å². The topological polar surface area (TPSA) is 51.8 Å². The zero-order chi connectivity index (χ0) is 34.9. The number of furan rings is 1. The molecule has 9 aromatic carbocycles. The Kier molecular flexibility index (Phi) is 6.52. The van der Waals surface area contributed by atoms with E-state index in [4.69, 9.17) is 19.4 Å². The van der Waals surface area contributed by atoms with Crippen molar-refractivity contribution in [3.63, 3.8) is 0 Å². The molecule has 0 N–H and O–H groups in total. The molecule has 2 heterocycles. The monoisotopic (exact) mass is 675 g/mol. The second-order valence-corrected chi connectivity index (χ2v) is 13.6. The molecular weight excluding hydrogens is 647 g/mol. The van der Waals surface area contributed by atoms with Gasteiger partial charge in [0.15, 0.2) is 17.5 Å². The van der Waals surface area contributed by atoms with Crippen LogP contribution in [0.5, 0.6) is 0 Å². The van der Waals surface area contributed by atoms with Crippen molar-refractivity contribution in [1.82, 2.24) is 15.0 Å². The lowest BCUT2D eigenvalue weighted by Crippen LogP contribution is -2.00. The van der Waals surface area contributed by atoms with E-state index in [2.05, 4.69) is 133 Å². The Hall–Kier alpha value is -7.17. The average Bonchev–Trinajstić information content (AvgIpc) is 3.61. The molecule has 0 aliphatic heterocycles. The number of fused-ring (bicyclic) bond motifs is 9. The maximum Gasteiger partial charge on any atom is 0.164 e. The van der Waals surface area contributed by atoms with E-state index in [-0.39, 0.29) is 0 Å². The van der Waals surface area contributed by atoms with Crippen LogP contribution < -0.4 is 0 Å². The summed E-state index contributed by atoms with van der Waals surface area (Å²) in [5.41, 5.74) is 6.69. The minimum atomic E-state index is 0.600. The molecule has 0 saturated carbocycles. The van der Waals surface area contributed by atoms with Gasteiger partial charge in [0.25, 0.3) is 0 Å². The quantitative estimate of drug-likeness (QED) is 0.174. The molecule has 53 heavy (non-hydrogen) atoms. The van der Waals surface area contributed by atoms with Gasteiger partial charge in [-0.3, -0.25) is 0 Å². The number of nitrogens with zero attached hydrogens (tertiary/aromatic N) is 3. The molecule has 11 aromatic rings. The molecule has 0 aliphatic carbocycles. The summed E-state index contributed by atoms with van der Waals surface area (Å²) in [6.07, 6.45) is 0. The van der Waals surface area contributed by atoms with Gasteiger partial charge in [0, 0.05) is 27.5 Å². The van der Waals surface area contributed by atoms with Crippen LogP contribution in [0.1, 0.15) is 0 Å². The predicted molar refractivity (Wildman–Crippen MR) is 219 cm³/mol. The van der Waals surface area contributed by atoms with Crippen LogP contribution in [0.2, 0.25) is 0 Å². The van der Waals surface area contributed by atoms with Gasteiger partial charge in [-0.05, 0) is 78.5 Å². The molecule has 4 nitrogen and oxygen atoms in total. The van der Waals surface area contributed by atoms with Gasteiger partial charge in [0.1, 0.15) is 11.2 Å². The van der Waals surface area contributed by atoms with Crippen molar-refractivity contribution < 1.29 is 4.42 Å². The molecule has 4 heteroatoms. The van der Waals surface area contributed by atoms with Crippen LogP contribution >= 0.6 is 0 Å². The molecular formula is C49H29N3O. The molecule has 11 rings (SSSR count). The highest BCUT2D eigenvalue weighted by Gasteiger charge is 2.19. The lowest BCUT2D eigenvalue weighted by Gasteiger charge is -2.11. The van der Waals surface area contributed by atoms with Gasteiger partial charge in [-0.15, -0.1) is 0 Å². The summed E-state index contributed by atoms with van der Waals surface area (Å²) in [4.78, 5) is 15.4. The van der Waals surface area contributed by atoms with Crippen molar-refractivity contribution in [3.8, 4) is 45.3 Å². The minimum Gasteiger partial charge on any atom is -0.456 e. The first-order chi connectivity index (χ1) is 26.2. The molecule has 0 aliphatic rings. The molecule has 0 saturated heterocycles. The molecule has 0 amide bonds. The first-order valence-corrected chi connectivity index (χ1v) is 17.9. The number of hydrogen-bond acceptors (Lipinski definition) is 4. The SMILES string of the molecule is c1ccc(-c2nc(-c3ccc4c(ccc5c6ccccc6ccc45)c3)nc(-c3cccc4oc5ccc(-c6cccc7ccccc67)cc5c34)n2)cc1. The van der Waals surface area contributed by atoms with Crippen LogP contribution in [0.25, 0.3) is 110 Å². The van der Waals surface area contributed by atoms with E-state index in [0.29, 0.717) is 17.5 Å². The first kappa shape index (κ1) is 29.5. The highest BCUT2D eigenvalue weighted by molar-refractivity contribution is 6.18. The summed E-state index contributed by atoms with van der Waals surface area (Å²) in [6.45, 7) is 0. The molecule has 0 bridgehead atoms. The number of benzene rings is 9. The van der Waals surface area contributed by atoms with Crippen molar-refractivity contribution in [2.75, 3.05) is 0 Å². The molecule has 2 aromatic heterocycles. The third kappa shape index (κ3) is 4.80. The lowest BCUT2D eigenvalue weighted by molar-refractivity contribution is 0.669. The maximum atomic E-state index is 6.46. The molecule has 0 unspecified atom stereocenters. The van der Waals surface area contributed by atoms with Crippen LogP contribution in [-0.2, 0) is 0 Å². The molecule has 0 fully saturated rings. The predicted octanol–water partition coefficient (Wildman–Crippen LogP) is 13.1. The zero-order valence-electron chi connectivity index (χ0n) is 28.5. The van der Waals surface area contributed by atoms with E-state index >= 15 is 0 Å². The van der Waals surface area contributed by atoms with Crippen molar-refractivity contribution in [1.29, 1.82) is 0 Å². The Morgan fingerprint density at radius 3 is 1.75 bits per heavy atom. The number of rotatable bonds is 4. The second-order valence-electron chi connectivity index (χ2n) is 13.6. The fourth-order valence-corrected chi connectivity index (χ4v) is 7.97. The Morgan fingerprint density at radius 2 is 0.906 bits per heavy atom. The molecule has 0 radical (unpaired) electrons. The van der Waals surface area contributed by atoms with Crippen LogP contribution in [0.15, 0.2) is 180 Å². The lowest BCUT2D eigenvalue weighted by atomic mass is 9.96. The van der Waals surface area contributed by atoms with Gasteiger partial charge in [-0.2, -0.15) is 0 Å². The fourth-order valence-electron chi connectivity index (χ4n) is 7.97. The average molecular weight is 676 g/mol. The third-order valence-corrected chi connectivity index (χ3v) is 10.5. The van der Waals surface area contributed by atoms with Crippen molar-refractivity contribution >= 4 is 65.0 Å². The summed E-state index contributed by atoms with van der Waals surface area (Å²) in [5, 5.41) is 11.8. The second kappa shape index (κ2) is 11.7. The Morgan fingerprint density at radius 1 is 0.302 bits per heavy atom.